The molecule has 31 heavy (non-hydrogen) atoms. The van der Waals surface area contributed by atoms with Crippen LogP contribution in [0.5, 0.6) is 5.88 Å². The number of hydrogen-bond acceptors (Lipinski definition) is 6. The molecule has 3 rings (SSSR count). The first-order valence-electron chi connectivity index (χ1n) is 10.3. The highest BCUT2D eigenvalue weighted by Crippen LogP contribution is 2.24. The predicted octanol–water partition coefficient (Wildman–Crippen LogP) is 3.08. The van der Waals surface area contributed by atoms with Crippen molar-refractivity contribution in [3.8, 4) is 5.88 Å². The van der Waals surface area contributed by atoms with E-state index in [1.165, 1.54) is 4.73 Å². The lowest BCUT2D eigenvalue weighted by atomic mass is 9.96. The molecule has 0 saturated heterocycles. The minimum absolute atomic E-state index is 0.276. The van der Waals surface area contributed by atoms with Crippen LogP contribution < -0.4 is 14.9 Å². The quantitative estimate of drug-likeness (QED) is 0.506. The molecule has 0 aliphatic heterocycles. The Bertz CT molecular complexity index is 1060. The lowest BCUT2D eigenvalue weighted by Crippen LogP contribution is -2.43. The second kappa shape index (κ2) is 8.61. The van der Waals surface area contributed by atoms with Crippen LogP contribution in [0.25, 0.3) is 0 Å². The number of aromatic nitrogens is 3. The predicted molar refractivity (Wildman–Crippen MR) is 119 cm³/mol. The van der Waals surface area contributed by atoms with Gasteiger partial charge in [-0.1, -0.05) is 12.1 Å². The van der Waals surface area contributed by atoms with Gasteiger partial charge in [0.05, 0.1) is 11.3 Å². The van der Waals surface area contributed by atoms with E-state index in [-0.39, 0.29) is 6.54 Å². The van der Waals surface area contributed by atoms with Crippen LogP contribution in [-0.2, 0) is 11.2 Å². The first-order valence-corrected chi connectivity index (χ1v) is 10.3. The van der Waals surface area contributed by atoms with E-state index in [0.29, 0.717) is 23.0 Å². The van der Waals surface area contributed by atoms with E-state index in [2.05, 4.69) is 15.3 Å². The van der Waals surface area contributed by atoms with Crippen LogP contribution in [0.2, 0.25) is 0 Å². The fraction of sp³-hybridized carbons (Fsp3) is 0.375. The number of nitrogens with zero attached hydrogens (tertiary/aromatic N) is 3. The summed E-state index contributed by atoms with van der Waals surface area (Å²) in [6.07, 6.45) is 5.32. The summed E-state index contributed by atoms with van der Waals surface area (Å²) in [6, 6.07) is 9.41. The van der Waals surface area contributed by atoms with Gasteiger partial charge < -0.3 is 15.5 Å². The minimum Gasteiger partial charge on any atom is -0.384 e. The maximum Gasteiger partial charge on any atom is 0.298 e. The summed E-state index contributed by atoms with van der Waals surface area (Å²) in [6.45, 7) is 11.2. The van der Waals surface area contributed by atoms with Gasteiger partial charge in [0.2, 0.25) is 12.4 Å². The van der Waals surface area contributed by atoms with Crippen molar-refractivity contribution in [3.63, 3.8) is 0 Å². The zero-order chi connectivity index (χ0) is 22.8. The molecule has 0 aliphatic carbocycles. The van der Waals surface area contributed by atoms with Gasteiger partial charge in [0.25, 0.3) is 5.88 Å². The molecule has 0 radical (unpaired) electrons. The number of rotatable bonds is 7. The van der Waals surface area contributed by atoms with E-state index in [0.717, 1.165) is 16.7 Å². The van der Waals surface area contributed by atoms with E-state index in [9.17, 15) is 10.2 Å². The maximum atomic E-state index is 11.1. The van der Waals surface area contributed by atoms with E-state index in [1.807, 2.05) is 51.2 Å². The van der Waals surface area contributed by atoms with Gasteiger partial charge in [0, 0.05) is 28.6 Å². The molecular weight excluding hydrogens is 392 g/mol. The fourth-order valence-electron chi connectivity index (χ4n) is 3.02. The van der Waals surface area contributed by atoms with Gasteiger partial charge >= 0.3 is 0 Å². The van der Waals surface area contributed by atoms with Crippen LogP contribution in [-0.4, -0.2) is 26.7 Å². The third-order valence-electron chi connectivity index (χ3n) is 5.00. The smallest absolute Gasteiger partial charge is 0.298 e. The van der Waals surface area contributed by atoms with E-state index >= 15 is 0 Å². The SMILES string of the molecule is Cc1ccc(NCC(C)(O)c2cc(C)c[n+](Oc3nc(C(C)(C)O)ccc3C)c2)nc1. The molecule has 0 bridgehead atoms. The molecule has 0 spiro atoms. The van der Waals surface area contributed by atoms with Crippen molar-refractivity contribution in [2.45, 2.75) is 52.7 Å². The summed E-state index contributed by atoms with van der Waals surface area (Å²) in [7, 11) is 0. The second-order valence-corrected chi connectivity index (χ2v) is 8.78. The molecule has 3 aromatic heterocycles. The van der Waals surface area contributed by atoms with Crippen molar-refractivity contribution in [2.24, 2.45) is 0 Å². The summed E-state index contributed by atoms with van der Waals surface area (Å²) >= 11 is 0. The van der Waals surface area contributed by atoms with E-state index in [4.69, 9.17) is 4.84 Å². The zero-order valence-electron chi connectivity index (χ0n) is 19.0. The summed E-state index contributed by atoms with van der Waals surface area (Å²) in [4.78, 5) is 14.8. The van der Waals surface area contributed by atoms with Crippen LogP contribution in [0.1, 0.15) is 48.7 Å². The largest absolute Gasteiger partial charge is 0.384 e. The molecule has 0 aromatic carbocycles. The summed E-state index contributed by atoms with van der Waals surface area (Å²) in [5, 5.41) is 24.6. The Morgan fingerprint density at radius 2 is 1.74 bits per heavy atom. The molecule has 7 nitrogen and oxygen atoms in total. The molecule has 0 aliphatic rings. The number of aliphatic hydroxyl groups is 2. The number of hydrogen-bond donors (Lipinski definition) is 3. The third kappa shape index (κ3) is 5.77. The molecule has 0 fully saturated rings. The Labute approximate surface area is 183 Å². The van der Waals surface area contributed by atoms with Crippen LogP contribution in [0.4, 0.5) is 5.82 Å². The first kappa shape index (κ1) is 22.7. The average Bonchev–Trinajstić information content (AvgIpc) is 2.68. The topological polar surface area (TPSA) is 91.4 Å². The van der Waals surface area contributed by atoms with Gasteiger partial charge in [-0.05, 0) is 65.3 Å². The third-order valence-corrected chi connectivity index (χ3v) is 5.00. The van der Waals surface area contributed by atoms with Gasteiger partial charge in [0.15, 0.2) is 0 Å². The van der Waals surface area contributed by atoms with Crippen LogP contribution in [0.15, 0.2) is 48.9 Å². The van der Waals surface area contributed by atoms with Crippen molar-refractivity contribution in [1.29, 1.82) is 0 Å². The molecule has 164 valence electrons. The standard InChI is InChI=1S/C24H31N4O3/c1-16-7-10-21(25-12-16)26-15-24(6,30)19-11-17(2)13-28(14-19)31-22-18(3)8-9-20(27-22)23(4,5)29/h7-14,29-30H,15H2,1-6H3,(H,25,26)/q+1. The highest BCUT2D eigenvalue weighted by atomic mass is 16.7. The Kier molecular flexibility index (Phi) is 6.29. The highest BCUT2D eigenvalue weighted by molar-refractivity contribution is 5.36. The molecule has 3 N–H and O–H groups in total. The number of nitrogens with one attached hydrogen (secondary N) is 1. The lowest BCUT2D eigenvalue weighted by Gasteiger charge is -2.23. The average molecular weight is 424 g/mol. The molecule has 3 heterocycles. The summed E-state index contributed by atoms with van der Waals surface area (Å²) in [5.74, 6) is 1.09. The summed E-state index contributed by atoms with van der Waals surface area (Å²) in [5.41, 5.74) is 1.79. The van der Waals surface area contributed by atoms with Crippen molar-refractivity contribution in [2.75, 3.05) is 11.9 Å². The van der Waals surface area contributed by atoms with E-state index in [1.54, 1.807) is 39.2 Å². The molecular formula is C24H31N4O3+. The van der Waals surface area contributed by atoms with Crippen LogP contribution >= 0.6 is 0 Å². The molecule has 7 heteroatoms. The monoisotopic (exact) mass is 423 g/mol. The van der Waals surface area contributed by atoms with Crippen LogP contribution in [0, 0.1) is 20.8 Å². The number of anilines is 1. The van der Waals surface area contributed by atoms with Gasteiger partial charge in [-0.2, -0.15) is 0 Å². The minimum atomic E-state index is -1.17. The zero-order valence-corrected chi connectivity index (χ0v) is 19.0. The van der Waals surface area contributed by atoms with Gasteiger partial charge in [-0.3, -0.25) is 0 Å². The lowest BCUT2D eigenvalue weighted by molar-refractivity contribution is -0.876. The van der Waals surface area contributed by atoms with Crippen molar-refractivity contribution in [1.82, 2.24) is 9.97 Å². The Balaban J connectivity index is 1.83. The van der Waals surface area contributed by atoms with Gasteiger partial charge in [-0.15, -0.1) is 0 Å². The Morgan fingerprint density at radius 1 is 1.00 bits per heavy atom. The Morgan fingerprint density at radius 3 is 2.39 bits per heavy atom. The van der Waals surface area contributed by atoms with Gasteiger partial charge in [-0.25, -0.2) is 14.8 Å². The molecule has 1 atom stereocenters. The molecule has 0 amide bonds. The van der Waals surface area contributed by atoms with Crippen molar-refractivity contribution < 1.29 is 19.8 Å². The highest BCUT2D eigenvalue weighted by Gasteiger charge is 2.28. The van der Waals surface area contributed by atoms with Crippen molar-refractivity contribution >= 4 is 5.82 Å². The second-order valence-electron chi connectivity index (χ2n) is 8.78. The van der Waals surface area contributed by atoms with Crippen molar-refractivity contribution in [3.05, 3.63) is 76.9 Å². The Hall–Kier alpha value is -3.03. The number of pyridine rings is 3. The van der Waals surface area contributed by atoms with Crippen LogP contribution in [0.3, 0.4) is 0 Å². The molecule has 0 saturated carbocycles. The first-order chi connectivity index (χ1) is 14.4. The maximum absolute atomic E-state index is 11.1. The number of aryl methyl sites for hydroxylation is 3. The summed E-state index contributed by atoms with van der Waals surface area (Å²) < 4.78 is 1.53. The normalized spacial score (nSPS) is 13.5. The molecule has 1 unspecified atom stereocenters. The fourth-order valence-corrected chi connectivity index (χ4v) is 3.02. The molecule has 3 aromatic rings. The van der Waals surface area contributed by atoms with E-state index < -0.39 is 11.2 Å². The van der Waals surface area contributed by atoms with Gasteiger partial charge in [0.1, 0.15) is 17.0 Å².